The topological polar surface area (TPSA) is 52.6 Å². The average Bonchev–Trinajstić information content (AvgIpc) is 2.48. The summed E-state index contributed by atoms with van der Waals surface area (Å²) in [6.07, 6.45) is 8.29. The second-order valence-electron chi connectivity index (χ2n) is 5.50. The predicted octanol–water partition coefficient (Wildman–Crippen LogP) is 3.56. The Labute approximate surface area is 135 Å². The Hall–Kier alpha value is -0.910. The van der Waals surface area contributed by atoms with E-state index in [1.807, 2.05) is 6.07 Å². The van der Waals surface area contributed by atoms with Crippen LogP contribution in [-0.2, 0) is 25.5 Å². The molecule has 0 N–H and O–H groups in total. The van der Waals surface area contributed by atoms with E-state index >= 15 is 0 Å². The van der Waals surface area contributed by atoms with E-state index in [-0.39, 0.29) is 0 Å². The number of hydrogen-bond donors (Lipinski definition) is 0. The van der Waals surface area contributed by atoms with E-state index in [0.717, 1.165) is 64.4 Å². The van der Waals surface area contributed by atoms with E-state index in [1.165, 1.54) is 5.56 Å². The highest BCUT2D eigenvalue weighted by Gasteiger charge is 2.00. The van der Waals surface area contributed by atoms with Gasteiger partial charge in [0, 0.05) is 13.2 Å². The van der Waals surface area contributed by atoms with Crippen LogP contribution in [0, 0.1) is 0 Å². The number of unbranched alkanes of at least 4 members (excludes halogenated alkanes) is 4. The Morgan fingerprint density at radius 3 is 2.05 bits per heavy atom. The van der Waals surface area contributed by atoms with Gasteiger partial charge in [0.25, 0.3) is 10.1 Å². The highest BCUT2D eigenvalue weighted by atomic mass is 32.2. The number of benzene rings is 1. The van der Waals surface area contributed by atoms with Gasteiger partial charge in [-0.2, -0.15) is 8.42 Å². The molecule has 0 aliphatic heterocycles. The Morgan fingerprint density at radius 2 is 1.41 bits per heavy atom. The minimum absolute atomic E-state index is 0.291. The fourth-order valence-corrected chi connectivity index (χ4v) is 2.57. The molecular weight excluding hydrogens is 300 g/mol. The molecule has 0 spiro atoms. The molecule has 0 aromatic heterocycles. The van der Waals surface area contributed by atoms with Crippen LogP contribution in [0.2, 0.25) is 0 Å². The van der Waals surface area contributed by atoms with Crippen molar-refractivity contribution in [2.75, 3.05) is 26.1 Å². The molecule has 22 heavy (non-hydrogen) atoms. The van der Waals surface area contributed by atoms with Crippen molar-refractivity contribution in [3.8, 4) is 0 Å². The molecule has 1 aromatic rings. The molecule has 0 amide bonds. The van der Waals surface area contributed by atoms with Gasteiger partial charge in [-0.05, 0) is 37.7 Å². The maximum Gasteiger partial charge on any atom is 0.264 e. The van der Waals surface area contributed by atoms with Crippen molar-refractivity contribution in [3.63, 3.8) is 0 Å². The zero-order valence-corrected chi connectivity index (χ0v) is 14.3. The molecule has 4 nitrogen and oxygen atoms in total. The molecule has 0 bridgehead atoms. The van der Waals surface area contributed by atoms with Gasteiger partial charge < -0.3 is 4.74 Å². The summed E-state index contributed by atoms with van der Waals surface area (Å²) in [5, 5.41) is 0. The maximum absolute atomic E-state index is 10.7. The second-order valence-corrected chi connectivity index (χ2v) is 7.14. The third-order valence-corrected chi connectivity index (χ3v) is 3.92. The summed E-state index contributed by atoms with van der Waals surface area (Å²) < 4.78 is 31.8. The highest BCUT2D eigenvalue weighted by Crippen LogP contribution is 2.05. The van der Waals surface area contributed by atoms with Gasteiger partial charge in [-0.1, -0.05) is 43.2 Å². The van der Waals surface area contributed by atoms with Crippen molar-refractivity contribution in [1.82, 2.24) is 0 Å². The number of rotatable bonds is 13. The summed E-state index contributed by atoms with van der Waals surface area (Å²) in [5.41, 5.74) is 1.39. The lowest BCUT2D eigenvalue weighted by Crippen LogP contribution is -2.04. The molecule has 1 aromatic carbocycles. The molecule has 1 rings (SSSR count). The molecule has 0 aliphatic rings. The lowest BCUT2D eigenvalue weighted by atomic mass is 10.1. The first kappa shape index (κ1) is 19.1. The lowest BCUT2D eigenvalue weighted by Gasteiger charge is -2.05. The summed E-state index contributed by atoms with van der Waals surface area (Å²) in [4.78, 5) is 0. The summed E-state index contributed by atoms with van der Waals surface area (Å²) >= 11 is 0. The Balaban J connectivity index is 1.80. The molecule has 0 saturated heterocycles. The number of aryl methyl sites for hydroxylation is 1. The largest absolute Gasteiger partial charge is 0.381 e. The Bertz CT molecular complexity index is 471. The van der Waals surface area contributed by atoms with Crippen LogP contribution in [0.5, 0.6) is 0 Å². The van der Waals surface area contributed by atoms with Crippen LogP contribution in [0.3, 0.4) is 0 Å². The quantitative estimate of drug-likeness (QED) is 0.410. The van der Waals surface area contributed by atoms with Crippen LogP contribution in [0.25, 0.3) is 0 Å². The van der Waals surface area contributed by atoms with Gasteiger partial charge in [-0.25, -0.2) is 0 Å². The third-order valence-electron chi connectivity index (χ3n) is 3.33. The molecule has 0 fully saturated rings. The van der Waals surface area contributed by atoms with Crippen LogP contribution >= 0.6 is 0 Å². The first-order valence-electron chi connectivity index (χ1n) is 8.04. The van der Waals surface area contributed by atoms with Crippen LogP contribution in [0.1, 0.15) is 44.1 Å². The van der Waals surface area contributed by atoms with Crippen molar-refractivity contribution in [1.29, 1.82) is 0 Å². The van der Waals surface area contributed by atoms with Crippen molar-refractivity contribution in [2.45, 2.75) is 44.9 Å². The summed E-state index contributed by atoms with van der Waals surface area (Å²) in [6.45, 7) is 1.90. The van der Waals surface area contributed by atoms with Crippen LogP contribution in [0.15, 0.2) is 30.3 Å². The predicted molar refractivity (Wildman–Crippen MR) is 89.5 cm³/mol. The van der Waals surface area contributed by atoms with Crippen molar-refractivity contribution >= 4 is 10.1 Å². The minimum atomic E-state index is -3.28. The summed E-state index contributed by atoms with van der Waals surface area (Å²) in [7, 11) is -3.28. The van der Waals surface area contributed by atoms with E-state index in [1.54, 1.807) is 0 Å². The normalized spacial score (nSPS) is 11.7. The summed E-state index contributed by atoms with van der Waals surface area (Å²) in [5.74, 6) is 0. The van der Waals surface area contributed by atoms with E-state index in [0.29, 0.717) is 6.61 Å². The molecule has 0 atom stereocenters. The van der Waals surface area contributed by atoms with E-state index in [2.05, 4.69) is 28.4 Å². The van der Waals surface area contributed by atoms with Crippen molar-refractivity contribution < 1.29 is 17.3 Å². The fraction of sp³-hybridized carbons (Fsp3) is 0.647. The second kappa shape index (κ2) is 11.6. The zero-order chi connectivity index (χ0) is 16.1. The minimum Gasteiger partial charge on any atom is -0.381 e. The van der Waals surface area contributed by atoms with Gasteiger partial charge in [-0.15, -0.1) is 0 Å². The van der Waals surface area contributed by atoms with Crippen LogP contribution < -0.4 is 0 Å². The van der Waals surface area contributed by atoms with Gasteiger partial charge >= 0.3 is 0 Å². The number of ether oxygens (including phenoxy) is 1. The van der Waals surface area contributed by atoms with E-state index < -0.39 is 10.1 Å². The molecule has 0 radical (unpaired) electrons. The fourth-order valence-electron chi connectivity index (χ4n) is 2.15. The van der Waals surface area contributed by atoms with E-state index in [9.17, 15) is 8.42 Å². The summed E-state index contributed by atoms with van der Waals surface area (Å²) in [6, 6.07) is 10.5. The van der Waals surface area contributed by atoms with Gasteiger partial charge in [0.1, 0.15) is 0 Å². The van der Waals surface area contributed by atoms with Gasteiger partial charge in [0.05, 0.1) is 12.9 Å². The molecule has 0 heterocycles. The van der Waals surface area contributed by atoms with Crippen LogP contribution in [0.4, 0.5) is 0 Å². The first-order chi connectivity index (χ1) is 10.6. The van der Waals surface area contributed by atoms with Gasteiger partial charge in [0.2, 0.25) is 0 Å². The molecular formula is C17H28O4S. The van der Waals surface area contributed by atoms with Crippen molar-refractivity contribution in [3.05, 3.63) is 35.9 Å². The van der Waals surface area contributed by atoms with E-state index in [4.69, 9.17) is 4.74 Å². The van der Waals surface area contributed by atoms with Gasteiger partial charge in [0.15, 0.2) is 0 Å². The standard InChI is InChI=1S/C17H28O4S/c1-22(18,19)21-16-9-3-2-8-14-20-15-10-7-13-17-11-5-4-6-12-17/h4-6,11-12H,2-3,7-10,13-16H2,1H3. The van der Waals surface area contributed by atoms with Crippen molar-refractivity contribution in [2.24, 2.45) is 0 Å². The monoisotopic (exact) mass is 328 g/mol. The lowest BCUT2D eigenvalue weighted by molar-refractivity contribution is 0.126. The molecule has 126 valence electrons. The maximum atomic E-state index is 10.7. The first-order valence-corrected chi connectivity index (χ1v) is 9.86. The zero-order valence-electron chi connectivity index (χ0n) is 13.5. The third kappa shape index (κ3) is 11.7. The average molecular weight is 328 g/mol. The molecule has 0 saturated carbocycles. The number of hydrogen-bond acceptors (Lipinski definition) is 4. The molecule has 5 heteroatoms. The molecule has 0 aliphatic carbocycles. The Morgan fingerprint density at radius 1 is 0.818 bits per heavy atom. The smallest absolute Gasteiger partial charge is 0.264 e. The molecule has 0 unspecified atom stereocenters. The Kier molecular flexibility index (Phi) is 10.1. The van der Waals surface area contributed by atoms with Crippen LogP contribution in [-0.4, -0.2) is 34.5 Å². The highest BCUT2D eigenvalue weighted by molar-refractivity contribution is 7.85. The SMILES string of the molecule is CS(=O)(=O)OCCCCCCOCCCCc1ccccc1. The van der Waals surface area contributed by atoms with Gasteiger partial charge in [-0.3, -0.25) is 4.18 Å².